The number of carbonyl (C=O) groups is 1. The van der Waals surface area contributed by atoms with Crippen LogP contribution in [0.3, 0.4) is 0 Å². The van der Waals surface area contributed by atoms with E-state index in [0.717, 1.165) is 6.42 Å². The zero-order chi connectivity index (χ0) is 20.5. The van der Waals surface area contributed by atoms with Crippen molar-refractivity contribution in [3.05, 3.63) is 24.2 Å². The summed E-state index contributed by atoms with van der Waals surface area (Å²) in [4.78, 5) is 16.0. The number of carbonyl (C=O) groups excluding carboxylic acids is 1. The molecule has 3 rings (SSSR count). The third-order valence-electron chi connectivity index (χ3n) is 5.27. The van der Waals surface area contributed by atoms with Gasteiger partial charge in [-0.05, 0) is 18.1 Å². The Morgan fingerprint density at radius 2 is 2.36 bits per heavy atom. The highest BCUT2D eigenvalue weighted by Crippen LogP contribution is 2.40. The van der Waals surface area contributed by atoms with Crippen molar-refractivity contribution in [2.75, 3.05) is 12.3 Å². The summed E-state index contributed by atoms with van der Waals surface area (Å²) in [5.41, 5.74) is 11.2. The number of aliphatic hydroxyl groups excluding tert-OH is 1. The highest BCUT2D eigenvalue weighted by molar-refractivity contribution is 5.75. The Bertz CT molecular complexity index is 909. The summed E-state index contributed by atoms with van der Waals surface area (Å²) >= 11 is 0. The van der Waals surface area contributed by atoms with E-state index in [0.29, 0.717) is 11.2 Å². The number of nitrogens with two attached hydrogens (primary N) is 2. The normalized spacial score (nSPS) is 26.7. The summed E-state index contributed by atoms with van der Waals surface area (Å²) in [6.45, 7) is 3.59. The molecule has 0 radical (unpaired) electrons. The fourth-order valence-corrected chi connectivity index (χ4v) is 3.26. The number of esters is 1. The molecule has 0 aliphatic carbocycles. The Balaban J connectivity index is 1.78. The van der Waals surface area contributed by atoms with E-state index in [4.69, 9.17) is 20.9 Å². The molecule has 0 bridgehead atoms. The number of aliphatic hydroxyl groups is 1. The van der Waals surface area contributed by atoms with Crippen LogP contribution in [-0.4, -0.2) is 50.5 Å². The molecule has 0 amide bonds. The van der Waals surface area contributed by atoms with Crippen LogP contribution < -0.4 is 11.5 Å². The number of aromatic nitrogens is 3. The second-order valence-electron chi connectivity index (χ2n) is 7.07. The molecule has 1 aliphatic heterocycles. The van der Waals surface area contributed by atoms with Crippen LogP contribution in [0.4, 0.5) is 5.82 Å². The lowest BCUT2D eigenvalue weighted by Crippen LogP contribution is -2.40. The van der Waals surface area contributed by atoms with E-state index < -0.39 is 29.8 Å². The van der Waals surface area contributed by atoms with Crippen LogP contribution >= 0.6 is 0 Å². The van der Waals surface area contributed by atoms with E-state index in [2.05, 4.69) is 16.2 Å². The van der Waals surface area contributed by atoms with Gasteiger partial charge < -0.3 is 26.0 Å². The van der Waals surface area contributed by atoms with Crippen molar-refractivity contribution < 1.29 is 19.4 Å². The number of fused-ring (bicyclic) bond motifs is 1. The average molecular weight is 388 g/mol. The summed E-state index contributed by atoms with van der Waals surface area (Å²) in [7, 11) is 0. The molecule has 0 aromatic carbocycles. The SMILES string of the molecule is CCC(C)[C@H](N)C(=O)OC[C@H]1O[C@@](C#N)(c2ccc3c(N)ncnn23)C[C@@H]1O. The van der Waals surface area contributed by atoms with Crippen molar-refractivity contribution in [3.8, 4) is 6.07 Å². The number of nitrogens with zero attached hydrogens (tertiary/aromatic N) is 4. The lowest BCUT2D eigenvalue weighted by atomic mass is 9.96. The molecule has 150 valence electrons. The zero-order valence-electron chi connectivity index (χ0n) is 15.8. The van der Waals surface area contributed by atoms with Crippen molar-refractivity contribution in [1.29, 1.82) is 5.26 Å². The Hall–Kier alpha value is -2.74. The average Bonchev–Trinajstić information content (AvgIpc) is 3.27. The molecule has 10 nitrogen and oxygen atoms in total. The molecule has 2 aromatic rings. The Morgan fingerprint density at radius 3 is 3.04 bits per heavy atom. The second-order valence-corrected chi connectivity index (χ2v) is 7.07. The van der Waals surface area contributed by atoms with Crippen LogP contribution in [0.5, 0.6) is 0 Å². The van der Waals surface area contributed by atoms with E-state index in [1.165, 1.54) is 10.8 Å². The Kier molecular flexibility index (Phi) is 5.51. The van der Waals surface area contributed by atoms with Crippen LogP contribution in [-0.2, 0) is 19.9 Å². The van der Waals surface area contributed by atoms with Crippen molar-refractivity contribution in [1.82, 2.24) is 14.6 Å². The molecule has 10 heteroatoms. The number of hydrogen-bond acceptors (Lipinski definition) is 9. The van der Waals surface area contributed by atoms with Crippen molar-refractivity contribution in [3.63, 3.8) is 0 Å². The van der Waals surface area contributed by atoms with Crippen LogP contribution in [0, 0.1) is 17.2 Å². The number of nitrogen functional groups attached to an aromatic ring is 1. The van der Waals surface area contributed by atoms with Gasteiger partial charge in [0.05, 0.1) is 11.8 Å². The summed E-state index contributed by atoms with van der Waals surface area (Å²) in [5.74, 6) is -0.331. The van der Waals surface area contributed by atoms with Crippen LogP contribution in [0.2, 0.25) is 0 Å². The van der Waals surface area contributed by atoms with Gasteiger partial charge in [-0.2, -0.15) is 10.4 Å². The Labute approximate surface area is 162 Å². The summed E-state index contributed by atoms with van der Waals surface area (Å²) in [6, 6.07) is 4.70. The maximum atomic E-state index is 12.1. The fraction of sp³-hybridized carbons (Fsp3) is 0.556. The summed E-state index contributed by atoms with van der Waals surface area (Å²) in [5, 5.41) is 24.4. The first kappa shape index (κ1) is 20.0. The smallest absolute Gasteiger partial charge is 0.323 e. The highest BCUT2D eigenvalue weighted by atomic mass is 16.6. The quantitative estimate of drug-likeness (QED) is 0.582. The topological polar surface area (TPSA) is 162 Å². The molecule has 1 saturated heterocycles. The van der Waals surface area contributed by atoms with E-state index in [-0.39, 0.29) is 24.8 Å². The second kappa shape index (κ2) is 7.71. The van der Waals surface area contributed by atoms with Gasteiger partial charge in [0, 0.05) is 6.42 Å². The number of ether oxygens (including phenoxy) is 2. The first-order chi connectivity index (χ1) is 13.3. The van der Waals surface area contributed by atoms with E-state index in [9.17, 15) is 15.2 Å². The molecule has 1 unspecified atom stereocenters. The summed E-state index contributed by atoms with van der Waals surface area (Å²) < 4.78 is 12.6. The predicted octanol–water partition coefficient (Wildman–Crippen LogP) is 0.0968. The molecule has 5 N–H and O–H groups in total. The number of rotatable bonds is 6. The van der Waals surface area contributed by atoms with Gasteiger partial charge in [-0.3, -0.25) is 4.79 Å². The van der Waals surface area contributed by atoms with Gasteiger partial charge in [-0.1, -0.05) is 20.3 Å². The third kappa shape index (κ3) is 3.40. The van der Waals surface area contributed by atoms with Gasteiger partial charge in [0.25, 0.3) is 0 Å². The predicted molar refractivity (Wildman–Crippen MR) is 98.6 cm³/mol. The monoisotopic (exact) mass is 388 g/mol. The largest absolute Gasteiger partial charge is 0.462 e. The molecule has 3 heterocycles. The van der Waals surface area contributed by atoms with Gasteiger partial charge in [-0.15, -0.1) is 0 Å². The Morgan fingerprint density at radius 1 is 1.61 bits per heavy atom. The van der Waals surface area contributed by atoms with Crippen molar-refractivity contribution in [2.45, 2.75) is 50.5 Å². The van der Waals surface area contributed by atoms with Crippen molar-refractivity contribution >= 4 is 17.3 Å². The van der Waals surface area contributed by atoms with Gasteiger partial charge in [-0.25, -0.2) is 9.50 Å². The maximum Gasteiger partial charge on any atom is 0.323 e. The van der Waals surface area contributed by atoms with Crippen molar-refractivity contribution in [2.24, 2.45) is 11.7 Å². The van der Waals surface area contributed by atoms with Gasteiger partial charge in [0.15, 0.2) is 11.4 Å². The number of anilines is 1. The molecule has 0 spiro atoms. The standard InChI is InChI=1S/C18H24N6O4/c1-3-10(2)15(20)17(26)27-7-13-12(25)6-18(8-19,28-13)14-5-4-11-16(21)22-9-23-24(11)14/h4-5,9-10,12-13,15,25H,3,6-7,20H2,1-2H3,(H2,21,22,23)/t10?,12-,13+,15-,18-/m0/s1. The molecule has 1 aliphatic rings. The van der Waals surface area contributed by atoms with Crippen LogP contribution in [0.1, 0.15) is 32.4 Å². The van der Waals surface area contributed by atoms with Crippen LogP contribution in [0.25, 0.3) is 5.52 Å². The molecular weight excluding hydrogens is 364 g/mol. The highest BCUT2D eigenvalue weighted by Gasteiger charge is 2.50. The zero-order valence-corrected chi connectivity index (χ0v) is 15.8. The molecule has 1 fully saturated rings. The van der Waals surface area contributed by atoms with Gasteiger partial charge in [0.2, 0.25) is 0 Å². The van der Waals surface area contributed by atoms with E-state index >= 15 is 0 Å². The maximum absolute atomic E-state index is 12.1. The number of hydrogen-bond donors (Lipinski definition) is 3. The molecular formula is C18H24N6O4. The van der Waals surface area contributed by atoms with Gasteiger partial charge >= 0.3 is 5.97 Å². The lowest BCUT2D eigenvalue weighted by molar-refractivity contribution is -0.153. The molecule has 0 saturated carbocycles. The number of nitriles is 1. The minimum atomic E-state index is -1.46. The van der Waals surface area contributed by atoms with Crippen LogP contribution in [0.15, 0.2) is 18.5 Å². The lowest BCUT2D eigenvalue weighted by Gasteiger charge is -2.22. The third-order valence-corrected chi connectivity index (χ3v) is 5.27. The first-order valence-corrected chi connectivity index (χ1v) is 9.11. The van der Waals surface area contributed by atoms with Gasteiger partial charge in [0.1, 0.15) is 36.7 Å². The molecule has 28 heavy (non-hydrogen) atoms. The first-order valence-electron chi connectivity index (χ1n) is 9.11. The molecule has 5 atom stereocenters. The minimum absolute atomic E-state index is 0.000839. The van der Waals surface area contributed by atoms with E-state index in [1.807, 2.05) is 13.8 Å². The minimum Gasteiger partial charge on any atom is -0.462 e. The fourth-order valence-electron chi connectivity index (χ4n) is 3.26. The van der Waals surface area contributed by atoms with E-state index in [1.54, 1.807) is 12.1 Å². The molecule has 2 aromatic heterocycles. The summed E-state index contributed by atoms with van der Waals surface area (Å²) in [6.07, 6.45) is 0.147.